The smallest absolute Gasteiger partial charge is 0.260 e. The molecule has 1 N–H and O–H groups in total. The topological polar surface area (TPSA) is 34.0 Å². The number of hydrogen-bond acceptors (Lipinski definition) is 2. The van der Waals surface area contributed by atoms with E-state index in [2.05, 4.69) is 0 Å². The number of nitrogens with one attached hydrogen (secondary N) is 1. The lowest BCUT2D eigenvalue weighted by Gasteiger charge is -2.35. The molecule has 1 aromatic carbocycles. The molecule has 1 amide bonds. The number of carbonyl (C=O) groups is 1. The van der Waals surface area contributed by atoms with Crippen LogP contribution in [0.5, 0.6) is 5.75 Å². The zero-order chi connectivity index (χ0) is 16.8. The molecule has 2 saturated heterocycles. The molecule has 132 valence electrons. The summed E-state index contributed by atoms with van der Waals surface area (Å²) in [7, 11) is 0. The highest BCUT2D eigenvalue weighted by Crippen LogP contribution is 2.13. The Morgan fingerprint density at radius 1 is 1.08 bits per heavy atom. The monoisotopic (exact) mass is 331 g/mol. The number of benzene rings is 1. The van der Waals surface area contributed by atoms with Gasteiger partial charge in [0.15, 0.2) is 6.61 Å². The second kappa shape index (κ2) is 8.52. The first kappa shape index (κ1) is 17.3. The molecule has 0 bridgehead atoms. The lowest BCUT2D eigenvalue weighted by molar-refractivity contribution is -0.926. The minimum absolute atomic E-state index is 0.125. The van der Waals surface area contributed by atoms with Crippen LogP contribution in [0.1, 0.15) is 44.1 Å². The van der Waals surface area contributed by atoms with Gasteiger partial charge in [-0.15, -0.1) is 0 Å². The van der Waals surface area contributed by atoms with E-state index in [1.54, 1.807) is 4.90 Å². The van der Waals surface area contributed by atoms with Crippen molar-refractivity contribution >= 4 is 5.91 Å². The predicted molar refractivity (Wildman–Crippen MR) is 95.4 cm³/mol. The van der Waals surface area contributed by atoms with Crippen LogP contribution in [0.15, 0.2) is 24.3 Å². The summed E-state index contributed by atoms with van der Waals surface area (Å²) in [6.07, 6.45) is 7.84. The van der Waals surface area contributed by atoms with E-state index in [1.807, 2.05) is 36.1 Å². The average molecular weight is 331 g/mol. The van der Waals surface area contributed by atoms with Crippen LogP contribution in [0, 0.1) is 6.92 Å². The van der Waals surface area contributed by atoms with Gasteiger partial charge >= 0.3 is 0 Å². The Morgan fingerprint density at radius 3 is 2.33 bits per heavy atom. The number of amides is 1. The zero-order valence-electron chi connectivity index (χ0n) is 14.9. The van der Waals surface area contributed by atoms with Crippen molar-refractivity contribution in [3.05, 3.63) is 29.8 Å². The van der Waals surface area contributed by atoms with Crippen LogP contribution in [0.2, 0.25) is 0 Å². The molecule has 0 radical (unpaired) electrons. The van der Waals surface area contributed by atoms with Crippen molar-refractivity contribution in [2.75, 3.05) is 32.8 Å². The van der Waals surface area contributed by atoms with E-state index in [0.717, 1.165) is 37.7 Å². The van der Waals surface area contributed by atoms with Crippen molar-refractivity contribution in [3.63, 3.8) is 0 Å². The van der Waals surface area contributed by atoms with Gasteiger partial charge in [-0.3, -0.25) is 4.79 Å². The molecule has 0 saturated carbocycles. The van der Waals surface area contributed by atoms with Gasteiger partial charge in [0.05, 0.1) is 19.1 Å². The number of likely N-dealkylation sites (tertiary alicyclic amines) is 2. The second-order valence-electron chi connectivity index (χ2n) is 7.33. The van der Waals surface area contributed by atoms with Gasteiger partial charge in [0.2, 0.25) is 0 Å². The summed E-state index contributed by atoms with van der Waals surface area (Å²) >= 11 is 0. The van der Waals surface area contributed by atoms with Crippen LogP contribution in [0.25, 0.3) is 0 Å². The summed E-state index contributed by atoms with van der Waals surface area (Å²) in [5, 5.41) is 0. The fourth-order valence-corrected chi connectivity index (χ4v) is 4.00. The average Bonchev–Trinajstić information content (AvgIpc) is 2.90. The molecule has 0 aromatic heterocycles. The van der Waals surface area contributed by atoms with Crippen LogP contribution in [-0.4, -0.2) is 49.6 Å². The molecule has 2 aliphatic heterocycles. The Morgan fingerprint density at radius 2 is 1.71 bits per heavy atom. The third-order valence-corrected chi connectivity index (χ3v) is 5.55. The van der Waals surface area contributed by atoms with Crippen molar-refractivity contribution in [2.45, 2.75) is 51.5 Å². The number of aryl methyl sites for hydroxylation is 1. The summed E-state index contributed by atoms with van der Waals surface area (Å²) in [5.74, 6) is 0.901. The molecule has 0 spiro atoms. The molecule has 0 atom stereocenters. The quantitative estimate of drug-likeness (QED) is 0.913. The van der Waals surface area contributed by atoms with E-state index in [9.17, 15) is 4.79 Å². The maximum Gasteiger partial charge on any atom is 0.260 e. The van der Waals surface area contributed by atoms with Crippen LogP contribution >= 0.6 is 0 Å². The first-order valence-corrected chi connectivity index (χ1v) is 9.54. The Kier molecular flexibility index (Phi) is 6.13. The summed E-state index contributed by atoms with van der Waals surface area (Å²) < 4.78 is 5.64. The van der Waals surface area contributed by atoms with Crippen LogP contribution in [-0.2, 0) is 4.79 Å². The highest BCUT2D eigenvalue weighted by Gasteiger charge is 2.29. The maximum absolute atomic E-state index is 12.4. The van der Waals surface area contributed by atoms with Gasteiger partial charge < -0.3 is 14.5 Å². The van der Waals surface area contributed by atoms with E-state index in [-0.39, 0.29) is 12.5 Å². The number of hydrogen-bond donors (Lipinski definition) is 1. The summed E-state index contributed by atoms with van der Waals surface area (Å²) in [5.41, 5.74) is 1.20. The molecule has 2 heterocycles. The lowest BCUT2D eigenvalue weighted by atomic mass is 10.0. The molecule has 4 nitrogen and oxygen atoms in total. The van der Waals surface area contributed by atoms with Gasteiger partial charge in [-0.2, -0.15) is 0 Å². The molecule has 0 aliphatic carbocycles. The molecule has 2 fully saturated rings. The Balaban J connectivity index is 1.42. The molecule has 0 unspecified atom stereocenters. The number of nitrogens with zero attached hydrogens (tertiary/aromatic N) is 1. The SMILES string of the molecule is Cc1ccc(OCC(=O)N2CCC([NH+]3CCCCCC3)CC2)cc1. The van der Waals surface area contributed by atoms with Crippen LogP contribution in [0.4, 0.5) is 0 Å². The van der Waals surface area contributed by atoms with Crippen LogP contribution < -0.4 is 9.64 Å². The van der Waals surface area contributed by atoms with Crippen molar-refractivity contribution in [1.29, 1.82) is 0 Å². The minimum atomic E-state index is 0.125. The standard InChI is InChI=1S/C20H30N2O2/c1-17-6-8-19(9-7-17)24-16-20(23)22-14-10-18(11-15-22)21-12-4-2-3-5-13-21/h6-9,18H,2-5,10-16H2,1H3/p+1. The number of piperidine rings is 1. The van der Waals surface area contributed by atoms with Crippen molar-refractivity contribution in [3.8, 4) is 5.75 Å². The number of quaternary nitrogens is 1. The van der Waals surface area contributed by atoms with E-state index in [4.69, 9.17) is 4.74 Å². The first-order valence-electron chi connectivity index (χ1n) is 9.54. The van der Waals surface area contributed by atoms with Gasteiger partial charge in [0, 0.05) is 25.9 Å². The number of ether oxygens (including phenoxy) is 1. The third-order valence-electron chi connectivity index (χ3n) is 5.55. The van der Waals surface area contributed by atoms with E-state index in [1.165, 1.54) is 44.3 Å². The Hall–Kier alpha value is -1.55. The number of carbonyl (C=O) groups excluding carboxylic acids is 1. The van der Waals surface area contributed by atoms with Gasteiger partial charge in [0.25, 0.3) is 5.91 Å². The Labute approximate surface area is 145 Å². The van der Waals surface area contributed by atoms with E-state index < -0.39 is 0 Å². The fraction of sp³-hybridized carbons (Fsp3) is 0.650. The first-order chi connectivity index (χ1) is 11.7. The molecule has 4 heteroatoms. The minimum Gasteiger partial charge on any atom is -0.484 e. The lowest BCUT2D eigenvalue weighted by Crippen LogP contribution is -3.16. The summed E-state index contributed by atoms with van der Waals surface area (Å²) in [6.45, 7) is 6.65. The summed E-state index contributed by atoms with van der Waals surface area (Å²) in [4.78, 5) is 16.1. The van der Waals surface area contributed by atoms with E-state index in [0.29, 0.717) is 0 Å². The van der Waals surface area contributed by atoms with Crippen molar-refractivity contribution in [1.82, 2.24) is 4.90 Å². The highest BCUT2D eigenvalue weighted by atomic mass is 16.5. The Bertz CT molecular complexity index is 513. The largest absolute Gasteiger partial charge is 0.484 e. The third kappa shape index (κ3) is 4.73. The molecular formula is C20H31N2O2+. The van der Waals surface area contributed by atoms with Crippen molar-refractivity contribution in [2.24, 2.45) is 0 Å². The van der Waals surface area contributed by atoms with Gasteiger partial charge in [-0.25, -0.2) is 0 Å². The zero-order valence-corrected chi connectivity index (χ0v) is 14.9. The predicted octanol–water partition coefficient (Wildman–Crippen LogP) is 1.82. The van der Waals surface area contributed by atoms with Crippen molar-refractivity contribution < 1.29 is 14.4 Å². The maximum atomic E-state index is 12.4. The van der Waals surface area contributed by atoms with Gasteiger partial charge in [-0.05, 0) is 44.7 Å². The molecule has 2 aliphatic rings. The molecular weight excluding hydrogens is 300 g/mol. The molecule has 24 heavy (non-hydrogen) atoms. The summed E-state index contributed by atoms with van der Waals surface area (Å²) in [6, 6.07) is 8.63. The van der Waals surface area contributed by atoms with Gasteiger partial charge in [0.1, 0.15) is 5.75 Å². The normalized spacial score (nSPS) is 20.6. The van der Waals surface area contributed by atoms with E-state index >= 15 is 0 Å². The molecule has 1 aromatic rings. The fourth-order valence-electron chi connectivity index (χ4n) is 4.00. The van der Waals surface area contributed by atoms with Crippen LogP contribution in [0.3, 0.4) is 0 Å². The molecule has 3 rings (SSSR count). The highest BCUT2D eigenvalue weighted by molar-refractivity contribution is 5.77. The van der Waals surface area contributed by atoms with Gasteiger partial charge in [-0.1, -0.05) is 17.7 Å². The number of rotatable bonds is 4. The second-order valence-corrected chi connectivity index (χ2v) is 7.33.